The molecule has 0 fully saturated rings. The van der Waals surface area contributed by atoms with Gasteiger partial charge in [-0.05, 0) is 6.92 Å². The molecule has 1 N–H and O–H groups in total. The fourth-order valence-corrected chi connectivity index (χ4v) is 0.343. The third-order valence-corrected chi connectivity index (χ3v) is 1.59. The average Bonchev–Trinajstić information content (AvgIpc) is 1.97. The number of nitrogens with zero attached hydrogens (tertiary/aromatic N) is 1. The molecule has 0 aromatic heterocycles. The van der Waals surface area contributed by atoms with Crippen LogP contribution in [0.1, 0.15) is 27.7 Å². The van der Waals surface area contributed by atoms with Crippen molar-refractivity contribution in [2.24, 2.45) is 10.5 Å². The molecule has 0 aromatic rings. The molecule has 0 rings (SSSR count). The van der Waals surface area contributed by atoms with Gasteiger partial charge in [0.15, 0.2) is 0 Å². The summed E-state index contributed by atoms with van der Waals surface area (Å²) in [6, 6.07) is 0. The van der Waals surface area contributed by atoms with Crippen LogP contribution >= 0.6 is 0 Å². The lowest BCUT2D eigenvalue weighted by Crippen LogP contribution is -2.24. The van der Waals surface area contributed by atoms with Crippen LogP contribution in [-0.4, -0.2) is 18.9 Å². The largest absolute Gasteiger partial charge is 0.452 e. The molecule has 70 valence electrons. The molecule has 0 aromatic carbocycles. The van der Waals surface area contributed by atoms with E-state index in [1.165, 1.54) is 7.11 Å². The van der Waals surface area contributed by atoms with Gasteiger partial charge in [-0.1, -0.05) is 20.8 Å². The van der Waals surface area contributed by atoms with E-state index in [2.05, 4.69) is 15.3 Å². The topological polar surface area (TPSA) is 50.7 Å². The van der Waals surface area contributed by atoms with Gasteiger partial charge in [-0.15, -0.1) is 0 Å². The lowest BCUT2D eigenvalue weighted by molar-refractivity contribution is 0.171. The Morgan fingerprint density at radius 1 is 1.42 bits per heavy atom. The van der Waals surface area contributed by atoms with Gasteiger partial charge in [0, 0.05) is 11.1 Å². The van der Waals surface area contributed by atoms with Crippen LogP contribution in [0, 0.1) is 5.41 Å². The summed E-state index contributed by atoms with van der Waals surface area (Å²) in [7, 11) is 1.30. The van der Waals surface area contributed by atoms with E-state index in [1.807, 2.05) is 27.7 Å². The molecular formula is C8H16N2O2. The van der Waals surface area contributed by atoms with Crippen molar-refractivity contribution in [3.8, 4) is 0 Å². The van der Waals surface area contributed by atoms with Gasteiger partial charge in [-0.3, -0.25) is 0 Å². The predicted molar refractivity (Wildman–Crippen MR) is 48.1 cm³/mol. The van der Waals surface area contributed by atoms with Crippen molar-refractivity contribution in [1.82, 2.24) is 5.43 Å². The highest BCUT2D eigenvalue weighted by atomic mass is 16.5. The Morgan fingerprint density at radius 3 is 2.25 bits per heavy atom. The van der Waals surface area contributed by atoms with Crippen LogP contribution < -0.4 is 5.43 Å². The normalized spacial score (nSPS) is 12.6. The van der Waals surface area contributed by atoms with Gasteiger partial charge in [0.2, 0.25) is 0 Å². The van der Waals surface area contributed by atoms with Crippen LogP contribution in [-0.2, 0) is 4.74 Å². The van der Waals surface area contributed by atoms with Crippen molar-refractivity contribution in [2.45, 2.75) is 27.7 Å². The number of carbonyl (C=O) groups is 1. The number of ether oxygens (including phenoxy) is 1. The molecule has 0 aliphatic carbocycles. The van der Waals surface area contributed by atoms with Crippen LogP contribution in [0.5, 0.6) is 0 Å². The maximum Gasteiger partial charge on any atom is 0.427 e. The molecule has 1 amide bonds. The average molecular weight is 172 g/mol. The van der Waals surface area contributed by atoms with Crippen molar-refractivity contribution >= 4 is 11.8 Å². The lowest BCUT2D eigenvalue weighted by atomic mass is 9.91. The Bertz CT molecular complexity index is 192. The van der Waals surface area contributed by atoms with Gasteiger partial charge < -0.3 is 4.74 Å². The Balaban J connectivity index is 4.11. The fourth-order valence-electron chi connectivity index (χ4n) is 0.343. The van der Waals surface area contributed by atoms with Gasteiger partial charge in [-0.2, -0.15) is 5.10 Å². The summed E-state index contributed by atoms with van der Waals surface area (Å²) in [5, 5.41) is 3.86. The molecule has 0 heterocycles. The van der Waals surface area contributed by atoms with Crippen LogP contribution in [0.2, 0.25) is 0 Å². The first-order valence-corrected chi connectivity index (χ1v) is 3.76. The summed E-state index contributed by atoms with van der Waals surface area (Å²) in [6.07, 6.45) is -0.543. The van der Waals surface area contributed by atoms with Gasteiger partial charge in [0.05, 0.1) is 7.11 Å². The van der Waals surface area contributed by atoms with Crippen LogP contribution in [0.4, 0.5) is 4.79 Å². The number of nitrogens with one attached hydrogen (secondary N) is 1. The molecule has 0 radical (unpaired) electrons. The van der Waals surface area contributed by atoms with E-state index < -0.39 is 6.09 Å². The summed E-state index contributed by atoms with van der Waals surface area (Å²) >= 11 is 0. The Kier molecular flexibility index (Phi) is 3.73. The maximum atomic E-state index is 10.6. The second-order valence-electron chi connectivity index (χ2n) is 3.55. The monoisotopic (exact) mass is 172 g/mol. The van der Waals surface area contributed by atoms with E-state index in [4.69, 9.17) is 0 Å². The molecule has 0 unspecified atom stereocenters. The first kappa shape index (κ1) is 10.9. The number of hydrogen-bond donors (Lipinski definition) is 1. The van der Waals surface area contributed by atoms with Crippen molar-refractivity contribution in [3.05, 3.63) is 0 Å². The highest BCUT2D eigenvalue weighted by Crippen LogP contribution is 2.14. The molecule has 0 aliphatic rings. The van der Waals surface area contributed by atoms with E-state index in [-0.39, 0.29) is 5.41 Å². The second kappa shape index (κ2) is 4.09. The predicted octanol–water partition coefficient (Wildman–Crippen LogP) is 1.76. The second-order valence-corrected chi connectivity index (χ2v) is 3.55. The molecule has 0 saturated heterocycles. The molecule has 4 nitrogen and oxygen atoms in total. The summed E-state index contributed by atoms with van der Waals surface area (Å²) in [4.78, 5) is 10.6. The molecule has 4 heteroatoms. The van der Waals surface area contributed by atoms with Gasteiger partial charge in [-0.25, -0.2) is 10.2 Å². The highest BCUT2D eigenvalue weighted by molar-refractivity contribution is 5.87. The maximum absolute atomic E-state index is 10.6. The van der Waals surface area contributed by atoms with E-state index in [0.717, 1.165) is 5.71 Å². The summed E-state index contributed by atoms with van der Waals surface area (Å²) in [5.74, 6) is 0. The molecule has 0 saturated carbocycles. The summed E-state index contributed by atoms with van der Waals surface area (Å²) in [6.45, 7) is 7.91. The first-order valence-electron chi connectivity index (χ1n) is 3.76. The number of hydrogen-bond acceptors (Lipinski definition) is 3. The number of hydrazone groups is 1. The van der Waals surface area contributed by atoms with Gasteiger partial charge >= 0.3 is 6.09 Å². The van der Waals surface area contributed by atoms with E-state index in [9.17, 15) is 4.79 Å². The Hall–Kier alpha value is -1.06. The summed E-state index contributed by atoms with van der Waals surface area (Å²) < 4.78 is 4.36. The molecule has 12 heavy (non-hydrogen) atoms. The highest BCUT2D eigenvalue weighted by Gasteiger charge is 2.14. The third-order valence-electron chi connectivity index (χ3n) is 1.59. The SMILES string of the molecule is COC(=O)N/N=C(\C)C(C)(C)C. The van der Waals surface area contributed by atoms with Gasteiger partial charge in [0.1, 0.15) is 0 Å². The van der Waals surface area contributed by atoms with Crippen molar-refractivity contribution in [2.75, 3.05) is 7.11 Å². The Morgan fingerprint density at radius 2 is 1.92 bits per heavy atom. The minimum atomic E-state index is -0.543. The quantitative estimate of drug-likeness (QED) is 0.484. The zero-order valence-electron chi connectivity index (χ0n) is 8.26. The minimum Gasteiger partial charge on any atom is -0.452 e. The van der Waals surface area contributed by atoms with E-state index in [0.29, 0.717) is 0 Å². The number of carbonyl (C=O) groups excluding carboxylic acids is 1. The molecule has 0 bridgehead atoms. The molecule has 0 atom stereocenters. The van der Waals surface area contributed by atoms with E-state index >= 15 is 0 Å². The number of amides is 1. The fraction of sp³-hybridized carbons (Fsp3) is 0.750. The zero-order chi connectivity index (χ0) is 9.78. The summed E-state index contributed by atoms with van der Waals surface area (Å²) in [5.41, 5.74) is 3.09. The standard InChI is InChI=1S/C8H16N2O2/c1-6(8(2,3)4)9-10-7(11)12-5/h1-5H3,(H,10,11)/b9-6+. The first-order chi connectivity index (χ1) is 5.38. The number of rotatable bonds is 1. The Labute approximate surface area is 73.0 Å². The lowest BCUT2D eigenvalue weighted by Gasteiger charge is -2.17. The smallest absolute Gasteiger partial charge is 0.427 e. The van der Waals surface area contributed by atoms with Crippen LogP contribution in [0.25, 0.3) is 0 Å². The molecular weight excluding hydrogens is 156 g/mol. The van der Waals surface area contributed by atoms with Crippen molar-refractivity contribution in [1.29, 1.82) is 0 Å². The van der Waals surface area contributed by atoms with E-state index in [1.54, 1.807) is 0 Å². The zero-order valence-corrected chi connectivity index (χ0v) is 8.26. The molecule has 0 spiro atoms. The number of methoxy groups -OCH3 is 1. The van der Waals surface area contributed by atoms with Crippen LogP contribution in [0.15, 0.2) is 5.10 Å². The van der Waals surface area contributed by atoms with Crippen molar-refractivity contribution < 1.29 is 9.53 Å². The van der Waals surface area contributed by atoms with Crippen LogP contribution in [0.3, 0.4) is 0 Å². The third kappa shape index (κ3) is 3.95. The molecule has 0 aliphatic heterocycles. The van der Waals surface area contributed by atoms with Crippen molar-refractivity contribution in [3.63, 3.8) is 0 Å². The van der Waals surface area contributed by atoms with Gasteiger partial charge in [0.25, 0.3) is 0 Å². The minimum absolute atomic E-state index is 0.0268.